The number of carbonyl (C=O) groups excluding carboxylic acids is 1. The van der Waals surface area contributed by atoms with Gasteiger partial charge in [-0.2, -0.15) is 0 Å². The topological polar surface area (TPSA) is 29.4 Å². The second kappa shape index (κ2) is 2.62. The number of aliphatic imine (C=N–C) groups is 1. The summed E-state index contributed by atoms with van der Waals surface area (Å²) in [6.45, 7) is 0. The zero-order valence-corrected chi connectivity index (χ0v) is 6.69. The summed E-state index contributed by atoms with van der Waals surface area (Å²) in [6, 6.07) is 0. The van der Waals surface area contributed by atoms with E-state index in [0.29, 0.717) is 5.03 Å². The zero-order valence-electron chi connectivity index (χ0n) is 4.34. The van der Waals surface area contributed by atoms with Crippen LogP contribution in [-0.2, 0) is 4.79 Å². The molecular formula is C5H3BrClNO. The first-order valence-corrected chi connectivity index (χ1v) is 3.59. The van der Waals surface area contributed by atoms with E-state index in [4.69, 9.17) is 11.6 Å². The second-order valence-electron chi connectivity index (χ2n) is 1.55. The molecule has 0 aromatic heterocycles. The molecule has 48 valence electrons. The van der Waals surface area contributed by atoms with Crippen molar-refractivity contribution in [2.75, 3.05) is 0 Å². The van der Waals surface area contributed by atoms with Crippen LogP contribution in [0.15, 0.2) is 16.1 Å². The molecule has 0 fully saturated rings. The van der Waals surface area contributed by atoms with Gasteiger partial charge in [0.25, 0.3) is 5.91 Å². The Kier molecular flexibility index (Phi) is 2.03. The van der Waals surface area contributed by atoms with Gasteiger partial charge in [-0.25, -0.2) is 4.99 Å². The van der Waals surface area contributed by atoms with E-state index in [1.807, 2.05) is 0 Å². The second-order valence-corrected chi connectivity index (χ2v) is 2.97. The highest BCUT2D eigenvalue weighted by atomic mass is 79.9. The number of alkyl halides is 1. The highest BCUT2D eigenvalue weighted by Crippen LogP contribution is 2.13. The molecule has 0 saturated heterocycles. The number of nitrogens with zero attached hydrogens (tertiary/aromatic N) is 1. The highest BCUT2D eigenvalue weighted by Gasteiger charge is 2.13. The maximum absolute atomic E-state index is 10.6. The van der Waals surface area contributed by atoms with Crippen LogP contribution in [0, 0.1) is 0 Å². The molecule has 0 bridgehead atoms. The van der Waals surface area contributed by atoms with Crippen LogP contribution in [0.2, 0.25) is 0 Å². The summed E-state index contributed by atoms with van der Waals surface area (Å²) >= 11 is 8.58. The first-order chi connectivity index (χ1) is 4.20. The van der Waals surface area contributed by atoms with Gasteiger partial charge in [-0.3, -0.25) is 4.79 Å². The van der Waals surface area contributed by atoms with Gasteiger partial charge in [0.1, 0.15) is 4.83 Å². The van der Waals surface area contributed by atoms with Crippen molar-refractivity contribution in [1.29, 1.82) is 0 Å². The number of halogens is 2. The minimum absolute atomic E-state index is 0.209. The molecular weight excluding hydrogens is 205 g/mol. The highest BCUT2D eigenvalue weighted by molar-refractivity contribution is 9.10. The zero-order chi connectivity index (χ0) is 6.85. The third-order valence-electron chi connectivity index (χ3n) is 0.857. The van der Waals surface area contributed by atoms with Gasteiger partial charge < -0.3 is 0 Å². The van der Waals surface area contributed by atoms with Gasteiger partial charge in [0.2, 0.25) is 0 Å². The van der Waals surface area contributed by atoms with Crippen LogP contribution in [0.3, 0.4) is 0 Å². The van der Waals surface area contributed by atoms with Crippen LogP contribution < -0.4 is 0 Å². The lowest BCUT2D eigenvalue weighted by Gasteiger charge is -2.02. The molecule has 0 aromatic rings. The molecule has 1 rings (SSSR count). The first-order valence-electron chi connectivity index (χ1n) is 2.29. The lowest BCUT2D eigenvalue weighted by Crippen LogP contribution is -2.12. The van der Waals surface area contributed by atoms with Gasteiger partial charge in [0.05, 0.1) is 5.03 Å². The number of amides is 1. The third kappa shape index (κ3) is 1.63. The molecule has 2 nitrogen and oxygen atoms in total. The van der Waals surface area contributed by atoms with E-state index in [-0.39, 0.29) is 10.7 Å². The summed E-state index contributed by atoms with van der Waals surface area (Å²) in [7, 11) is 0. The molecule has 1 heterocycles. The summed E-state index contributed by atoms with van der Waals surface area (Å²) in [4.78, 5) is 13.7. The average molecular weight is 208 g/mol. The van der Waals surface area contributed by atoms with E-state index in [2.05, 4.69) is 20.9 Å². The minimum atomic E-state index is -0.338. The predicted molar refractivity (Wildman–Crippen MR) is 40.2 cm³/mol. The van der Waals surface area contributed by atoms with Crippen LogP contribution in [0.5, 0.6) is 0 Å². The van der Waals surface area contributed by atoms with E-state index in [0.717, 1.165) is 0 Å². The Bertz CT molecular complexity index is 199. The van der Waals surface area contributed by atoms with Crippen LogP contribution in [-0.4, -0.2) is 16.9 Å². The van der Waals surface area contributed by atoms with E-state index < -0.39 is 0 Å². The lowest BCUT2D eigenvalue weighted by molar-refractivity contribution is -0.116. The van der Waals surface area contributed by atoms with Gasteiger partial charge in [-0.05, 0) is 6.08 Å². The summed E-state index contributed by atoms with van der Waals surface area (Å²) < 4.78 is 0. The Morgan fingerprint density at radius 3 is 2.89 bits per heavy atom. The predicted octanol–water partition coefficient (Wildman–Crippen LogP) is 1.48. The molecule has 0 aromatic carbocycles. The van der Waals surface area contributed by atoms with Gasteiger partial charge >= 0.3 is 0 Å². The molecule has 1 unspecified atom stereocenters. The van der Waals surface area contributed by atoms with Crippen molar-refractivity contribution in [3.63, 3.8) is 0 Å². The van der Waals surface area contributed by atoms with Crippen LogP contribution in [0.25, 0.3) is 0 Å². The third-order valence-corrected chi connectivity index (χ3v) is 1.74. The van der Waals surface area contributed by atoms with Crippen molar-refractivity contribution in [3.05, 3.63) is 11.1 Å². The Hall–Kier alpha value is -0.150. The monoisotopic (exact) mass is 207 g/mol. The van der Waals surface area contributed by atoms with Gasteiger partial charge in [-0.1, -0.05) is 27.5 Å². The SMILES string of the molecule is O=C1N=CC(Cl)=CC1Br. The van der Waals surface area contributed by atoms with Crippen molar-refractivity contribution < 1.29 is 4.79 Å². The summed E-state index contributed by atoms with van der Waals surface area (Å²) in [5.41, 5.74) is 0. The van der Waals surface area contributed by atoms with Crippen LogP contribution >= 0.6 is 27.5 Å². The Morgan fingerprint density at radius 1 is 1.78 bits per heavy atom. The molecule has 0 N–H and O–H groups in total. The van der Waals surface area contributed by atoms with Crippen LogP contribution in [0.1, 0.15) is 0 Å². The molecule has 1 aliphatic heterocycles. The molecule has 1 amide bonds. The molecule has 0 radical (unpaired) electrons. The quantitative estimate of drug-likeness (QED) is 0.555. The minimum Gasteiger partial charge on any atom is -0.271 e. The number of dihydropyridines is 1. The van der Waals surface area contributed by atoms with Crippen molar-refractivity contribution in [2.24, 2.45) is 4.99 Å². The fourth-order valence-corrected chi connectivity index (χ4v) is 1.18. The van der Waals surface area contributed by atoms with Crippen molar-refractivity contribution in [3.8, 4) is 0 Å². The fraction of sp³-hybridized carbons (Fsp3) is 0.200. The number of carbonyl (C=O) groups is 1. The average Bonchev–Trinajstić information content (AvgIpc) is 1.80. The Balaban J connectivity index is 2.82. The molecule has 1 aliphatic rings. The van der Waals surface area contributed by atoms with E-state index in [1.165, 1.54) is 6.21 Å². The summed E-state index contributed by atoms with van der Waals surface area (Å²) in [5, 5.41) is 0.497. The van der Waals surface area contributed by atoms with Crippen molar-refractivity contribution in [2.45, 2.75) is 4.83 Å². The van der Waals surface area contributed by atoms with Crippen molar-refractivity contribution >= 4 is 39.7 Å². The Labute approximate surface area is 65.7 Å². The van der Waals surface area contributed by atoms with Crippen molar-refractivity contribution in [1.82, 2.24) is 0 Å². The summed E-state index contributed by atoms with van der Waals surface area (Å²) in [5.74, 6) is -0.209. The molecule has 4 heteroatoms. The molecule has 9 heavy (non-hydrogen) atoms. The maximum Gasteiger partial charge on any atom is 0.263 e. The number of rotatable bonds is 0. The van der Waals surface area contributed by atoms with E-state index in [1.54, 1.807) is 6.08 Å². The largest absolute Gasteiger partial charge is 0.271 e. The van der Waals surface area contributed by atoms with E-state index in [9.17, 15) is 4.79 Å². The number of hydrogen-bond acceptors (Lipinski definition) is 1. The number of hydrogen-bond donors (Lipinski definition) is 0. The maximum atomic E-state index is 10.6. The van der Waals surface area contributed by atoms with Gasteiger partial charge in [0, 0.05) is 6.21 Å². The molecule has 1 atom stereocenters. The lowest BCUT2D eigenvalue weighted by atomic mass is 10.3. The smallest absolute Gasteiger partial charge is 0.263 e. The fourth-order valence-electron chi connectivity index (χ4n) is 0.451. The van der Waals surface area contributed by atoms with E-state index >= 15 is 0 Å². The number of allylic oxidation sites excluding steroid dienone is 1. The summed E-state index contributed by atoms with van der Waals surface area (Å²) in [6.07, 6.45) is 2.93. The van der Waals surface area contributed by atoms with Gasteiger partial charge in [-0.15, -0.1) is 0 Å². The molecule has 0 spiro atoms. The van der Waals surface area contributed by atoms with Crippen LogP contribution in [0.4, 0.5) is 0 Å². The molecule has 0 saturated carbocycles. The normalized spacial score (nSPS) is 26.2. The standard InChI is InChI=1S/C5H3BrClNO/c6-4-1-3(7)2-8-5(4)9/h1-2,4H. The Morgan fingerprint density at radius 2 is 2.44 bits per heavy atom. The van der Waals surface area contributed by atoms with Gasteiger partial charge in [0.15, 0.2) is 0 Å². The first kappa shape index (κ1) is 6.96. The molecule has 0 aliphatic carbocycles.